The fourth-order valence-electron chi connectivity index (χ4n) is 4.71. The topological polar surface area (TPSA) is 132 Å². The van der Waals surface area contributed by atoms with Crippen LogP contribution in [0.1, 0.15) is 33.8 Å². The number of hydrogen-bond acceptors (Lipinski definition) is 6. The summed E-state index contributed by atoms with van der Waals surface area (Å²) in [5, 5.41) is 18.5. The molecule has 10 heteroatoms. The van der Waals surface area contributed by atoms with E-state index in [0.717, 1.165) is 22.3 Å². The quantitative estimate of drug-likeness (QED) is 0.498. The highest BCUT2D eigenvalue weighted by Gasteiger charge is 2.37. The van der Waals surface area contributed by atoms with Crippen molar-refractivity contribution in [2.24, 2.45) is 7.05 Å². The van der Waals surface area contributed by atoms with Crippen molar-refractivity contribution in [3.05, 3.63) is 71.4 Å². The van der Waals surface area contributed by atoms with Gasteiger partial charge in [0.15, 0.2) is 11.9 Å². The van der Waals surface area contributed by atoms with Gasteiger partial charge in [0.25, 0.3) is 5.91 Å². The van der Waals surface area contributed by atoms with Crippen molar-refractivity contribution in [2.75, 3.05) is 18.5 Å². The molecule has 2 amide bonds. The van der Waals surface area contributed by atoms with Crippen molar-refractivity contribution in [1.29, 1.82) is 0 Å². The zero-order chi connectivity index (χ0) is 24.5. The van der Waals surface area contributed by atoms with Crippen molar-refractivity contribution in [3.63, 3.8) is 0 Å². The number of carboxylic acid groups (broad SMARTS) is 1. The number of ether oxygens (including phenoxy) is 2. The Morgan fingerprint density at radius 2 is 1.77 bits per heavy atom. The van der Waals surface area contributed by atoms with Crippen LogP contribution in [-0.2, 0) is 21.3 Å². The van der Waals surface area contributed by atoms with Crippen LogP contribution >= 0.6 is 0 Å². The van der Waals surface area contributed by atoms with Gasteiger partial charge in [0.2, 0.25) is 0 Å². The number of hydrogen-bond donors (Lipinski definition) is 3. The van der Waals surface area contributed by atoms with Gasteiger partial charge < -0.3 is 25.2 Å². The first kappa shape index (κ1) is 22.6. The summed E-state index contributed by atoms with van der Waals surface area (Å²) < 4.78 is 12.4. The van der Waals surface area contributed by atoms with Crippen LogP contribution in [0.3, 0.4) is 0 Å². The lowest BCUT2D eigenvalue weighted by molar-refractivity contribution is -0.125. The minimum absolute atomic E-state index is 0.0781. The van der Waals surface area contributed by atoms with Crippen molar-refractivity contribution in [3.8, 4) is 11.1 Å². The Bertz CT molecular complexity index is 1260. The van der Waals surface area contributed by atoms with Gasteiger partial charge in [-0.1, -0.05) is 48.5 Å². The molecule has 3 aromatic rings. The molecular weight excluding hydrogens is 452 g/mol. The van der Waals surface area contributed by atoms with E-state index in [-0.39, 0.29) is 30.5 Å². The average molecular weight is 476 g/mol. The van der Waals surface area contributed by atoms with Crippen LogP contribution in [0.4, 0.5) is 10.6 Å². The number of amides is 2. The number of carbonyl (C=O) groups is 3. The summed E-state index contributed by atoms with van der Waals surface area (Å²) >= 11 is 0. The van der Waals surface area contributed by atoms with Crippen LogP contribution in [0.15, 0.2) is 54.7 Å². The number of nitrogens with zero attached hydrogens (tertiary/aromatic N) is 2. The number of rotatable bonds is 6. The smallest absolute Gasteiger partial charge is 0.407 e. The molecule has 2 heterocycles. The molecule has 1 saturated heterocycles. The molecule has 1 aliphatic carbocycles. The summed E-state index contributed by atoms with van der Waals surface area (Å²) in [6.07, 6.45) is 0.0549. The number of benzene rings is 2. The largest absolute Gasteiger partial charge is 0.477 e. The SMILES string of the molecule is Cn1cc(C(=O)O)c(NC(=O)C2OCCC2NC(=O)OCC2c3ccccc3-c3ccccc32)n1. The third-order valence-electron chi connectivity index (χ3n) is 6.30. The number of fused-ring (bicyclic) bond motifs is 3. The maximum Gasteiger partial charge on any atom is 0.407 e. The van der Waals surface area contributed by atoms with Gasteiger partial charge in [-0.05, 0) is 28.7 Å². The van der Waals surface area contributed by atoms with Crippen molar-refractivity contribution >= 4 is 23.8 Å². The van der Waals surface area contributed by atoms with Crippen molar-refractivity contribution < 1.29 is 29.0 Å². The highest BCUT2D eigenvalue weighted by molar-refractivity contribution is 6.01. The van der Waals surface area contributed by atoms with Crippen LogP contribution in [0.25, 0.3) is 11.1 Å². The third-order valence-corrected chi connectivity index (χ3v) is 6.30. The minimum Gasteiger partial charge on any atom is -0.477 e. The molecular formula is C25H24N4O6. The standard InChI is InChI=1S/C25H24N4O6/c1-29-12-18(24(31)32)22(28-29)27-23(30)21-20(10-11-34-21)26-25(33)35-13-19-16-8-4-2-6-14(16)15-7-3-5-9-17(15)19/h2-9,12,19-21H,10-11,13H2,1H3,(H,26,33)(H,31,32)(H,27,28,30). The second-order valence-electron chi connectivity index (χ2n) is 8.52. The number of anilines is 1. The molecule has 2 aliphatic rings. The van der Waals surface area contributed by atoms with Gasteiger partial charge in [0.1, 0.15) is 12.2 Å². The van der Waals surface area contributed by atoms with Crippen molar-refractivity contribution in [1.82, 2.24) is 15.1 Å². The third kappa shape index (κ3) is 4.35. The van der Waals surface area contributed by atoms with Gasteiger partial charge in [-0.25, -0.2) is 9.59 Å². The lowest BCUT2D eigenvalue weighted by Crippen LogP contribution is -2.46. The van der Waals surface area contributed by atoms with Crippen LogP contribution < -0.4 is 10.6 Å². The number of aromatic nitrogens is 2. The van der Waals surface area contributed by atoms with Gasteiger partial charge in [0.05, 0.1) is 6.04 Å². The summed E-state index contributed by atoms with van der Waals surface area (Å²) in [4.78, 5) is 36.8. The van der Waals surface area contributed by atoms with Crippen LogP contribution in [0, 0.1) is 0 Å². The fourth-order valence-corrected chi connectivity index (χ4v) is 4.71. The Balaban J connectivity index is 1.22. The minimum atomic E-state index is -1.21. The first-order valence-electron chi connectivity index (χ1n) is 11.2. The molecule has 1 aliphatic heterocycles. The number of carboxylic acids is 1. The van der Waals surface area contributed by atoms with E-state index in [2.05, 4.69) is 27.9 Å². The highest BCUT2D eigenvalue weighted by Crippen LogP contribution is 2.44. The fraction of sp³-hybridized carbons (Fsp3) is 0.280. The number of alkyl carbamates (subject to hydrolysis) is 1. The molecule has 35 heavy (non-hydrogen) atoms. The van der Waals surface area contributed by atoms with Gasteiger partial charge in [0, 0.05) is 25.8 Å². The number of aromatic carboxylic acids is 1. The van der Waals surface area contributed by atoms with E-state index >= 15 is 0 Å². The van der Waals surface area contributed by atoms with Crippen LogP contribution in [0.2, 0.25) is 0 Å². The molecule has 0 spiro atoms. The Hall–Kier alpha value is -4.18. The molecule has 0 bridgehead atoms. The number of nitrogens with one attached hydrogen (secondary N) is 2. The zero-order valence-electron chi connectivity index (χ0n) is 18.9. The number of carbonyl (C=O) groups excluding carboxylic acids is 2. The van der Waals surface area contributed by atoms with E-state index in [1.54, 1.807) is 7.05 Å². The lowest BCUT2D eigenvalue weighted by Gasteiger charge is -2.20. The molecule has 2 aromatic carbocycles. The molecule has 2 unspecified atom stereocenters. The Kier molecular flexibility index (Phi) is 5.96. The van der Waals surface area contributed by atoms with Gasteiger partial charge in [-0.2, -0.15) is 5.10 Å². The highest BCUT2D eigenvalue weighted by atomic mass is 16.6. The average Bonchev–Trinajstić information content (AvgIpc) is 3.53. The van der Waals surface area contributed by atoms with Crippen LogP contribution in [-0.4, -0.2) is 58.2 Å². The lowest BCUT2D eigenvalue weighted by atomic mass is 9.98. The first-order valence-corrected chi connectivity index (χ1v) is 11.2. The second kappa shape index (κ2) is 9.22. The van der Waals surface area contributed by atoms with Crippen LogP contribution in [0.5, 0.6) is 0 Å². The molecule has 0 saturated carbocycles. The molecule has 2 atom stereocenters. The summed E-state index contributed by atoms with van der Waals surface area (Å²) in [7, 11) is 1.55. The summed E-state index contributed by atoms with van der Waals surface area (Å²) in [6.45, 7) is 0.417. The molecule has 5 rings (SSSR count). The molecule has 180 valence electrons. The molecule has 1 aromatic heterocycles. The van der Waals surface area contributed by atoms with E-state index in [0.29, 0.717) is 6.42 Å². The van der Waals surface area contributed by atoms with E-state index in [1.165, 1.54) is 10.9 Å². The Morgan fingerprint density at radius 1 is 1.11 bits per heavy atom. The summed E-state index contributed by atoms with van der Waals surface area (Å²) in [5.41, 5.74) is 4.33. The van der Waals surface area contributed by atoms with E-state index < -0.39 is 30.1 Å². The number of aryl methyl sites for hydroxylation is 1. The maximum atomic E-state index is 12.8. The van der Waals surface area contributed by atoms with Gasteiger partial charge >= 0.3 is 12.1 Å². The van der Waals surface area contributed by atoms with E-state index in [1.807, 2.05) is 36.4 Å². The zero-order valence-corrected chi connectivity index (χ0v) is 18.9. The molecule has 1 fully saturated rings. The van der Waals surface area contributed by atoms with Gasteiger partial charge in [-0.15, -0.1) is 0 Å². The van der Waals surface area contributed by atoms with Gasteiger partial charge in [-0.3, -0.25) is 9.48 Å². The maximum absolute atomic E-state index is 12.8. The predicted octanol–water partition coefficient (Wildman–Crippen LogP) is 2.75. The summed E-state index contributed by atoms with van der Waals surface area (Å²) in [6, 6.07) is 15.5. The van der Waals surface area contributed by atoms with E-state index in [9.17, 15) is 19.5 Å². The van der Waals surface area contributed by atoms with E-state index in [4.69, 9.17) is 9.47 Å². The second-order valence-corrected chi connectivity index (χ2v) is 8.52. The Labute approximate surface area is 200 Å². The normalized spacial score (nSPS) is 18.5. The molecule has 3 N–H and O–H groups in total. The predicted molar refractivity (Wildman–Crippen MR) is 125 cm³/mol. The first-order chi connectivity index (χ1) is 16.9. The summed E-state index contributed by atoms with van der Waals surface area (Å²) in [5.74, 6) is -1.97. The van der Waals surface area contributed by atoms with Crippen molar-refractivity contribution in [2.45, 2.75) is 24.5 Å². The Morgan fingerprint density at radius 3 is 2.43 bits per heavy atom. The monoisotopic (exact) mass is 476 g/mol. The molecule has 0 radical (unpaired) electrons. The molecule has 10 nitrogen and oxygen atoms in total.